The number of ketones is 1. The van der Waals surface area contributed by atoms with E-state index in [4.69, 9.17) is 0 Å². The van der Waals surface area contributed by atoms with Crippen LogP contribution in [0.1, 0.15) is 20.7 Å². The molecule has 0 unspecified atom stereocenters. The van der Waals surface area contributed by atoms with E-state index in [1.165, 1.54) is 28.3 Å². The van der Waals surface area contributed by atoms with Crippen LogP contribution in [0.2, 0.25) is 0 Å². The highest BCUT2D eigenvalue weighted by Crippen LogP contribution is 2.21. The normalized spacial score (nSPS) is 14.0. The topological polar surface area (TPSA) is 130 Å². The smallest absolute Gasteiger partial charge is 0.295 e. The Balaban J connectivity index is 1.31. The van der Waals surface area contributed by atoms with Gasteiger partial charge in [-0.05, 0) is 12.1 Å². The number of H-pyrrole nitrogens is 1. The van der Waals surface area contributed by atoms with Crippen LogP contribution in [0.5, 0.6) is 0 Å². The van der Waals surface area contributed by atoms with Gasteiger partial charge in [-0.25, -0.2) is 14.6 Å². The maximum atomic E-state index is 13.0. The number of fused-ring (bicyclic) bond motifs is 1. The summed E-state index contributed by atoms with van der Waals surface area (Å²) in [5.74, 6) is -0.953. The molecule has 1 saturated heterocycles. The predicted molar refractivity (Wildman–Crippen MR) is 112 cm³/mol. The third kappa shape index (κ3) is 3.39. The molecule has 1 fully saturated rings. The lowest BCUT2D eigenvalue weighted by Crippen LogP contribution is -2.52. The average Bonchev–Trinajstić information content (AvgIpc) is 3.53. The Hall–Kier alpha value is -4.41. The molecule has 0 spiro atoms. The second-order valence-electron chi connectivity index (χ2n) is 7.25. The highest BCUT2D eigenvalue weighted by molar-refractivity contribution is 6.44. The lowest BCUT2D eigenvalue weighted by molar-refractivity contribution is -0.127. The van der Waals surface area contributed by atoms with Crippen LogP contribution in [0.3, 0.4) is 0 Å². The Morgan fingerprint density at radius 3 is 2.41 bits per heavy atom. The summed E-state index contributed by atoms with van der Waals surface area (Å²) in [6.07, 6.45) is 5.89. The SMILES string of the molecule is O=C(C(=O)N1CCN(C(=O)c2ccccc2)CC1)c1c[nH]c2c(-n3ccnn3)ncnc12. The van der Waals surface area contributed by atoms with Gasteiger partial charge in [-0.3, -0.25) is 14.4 Å². The Morgan fingerprint density at radius 2 is 1.69 bits per heavy atom. The zero-order chi connectivity index (χ0) is 22.1. The van der Waals surface area contributed by atoms with Crippen molar-refractivity contribution in [2.45, 2.75) is 0 Å². The van der Waals surface area contributed by atoms with Crippen molar-refractivity contribution in [1.82, 2.24) is 39.7 Å². The van der Waals surface area contributed by atoms with Gasteiger partial charge in [0, 0.05) is 37.9 Å². The molecule has 0 saturated carbocycles. The molecule has 1 aliphatic heterocycles. The van der Waals surface area contributed by atoms with Crippen molar-refractivity contribution in [3.63, 3.8) is 0 Å². The number of amides is 2. The minimum Gasteiger partial charge on any atom is -0.356 e. The van der Waals surface area contributed by atoms with E-state index in [9.17, 15) is 14.4 Å². The van der Waals surface area contributed by atoms with E-state index in [0.29, 0.717) is 35.5 Å². The van der Waals surface area contributed by atoms with Crippen LogP contribution in [-0.4, -0.2) is 83.5 Å². The number of rotatable bonds is 4. The van der Waals surface area contributed by atoms with Crippen molar-refractivity contribution in [3.05, 3.63) is 66.4 Å². The zero-order valence-corrected chi connectivity index (χ0v) is 16.9. The van der Waals surface area contributed by atoms with Gasteiger partial charge in [0.05, 0.1) is 18.0 Å². The number of piperazine rings is 1. The lowest BCUT2D eigenvalue weighted by Gasteiger charge is -2.34. The molecule has 1 aromatic carbocycles. The lowest BCUT2D eigenvalue weighted by atomic mass is 10.1. The minimum absolute atomic E-state index is 0.0852. The maximum absolute atomic E-state index is 13.0. The van der Waals surface area contributed by atoms with Crippen molar-refractivity contribution < 1.29 is 14.4 Å². The zero-order valence-electron chi connectivity index (χ0n) is 16.9. The number of aromatic amines is 1. The number of hydrogen-bond acceptors (Lipinski definition) is 7. The first-order valence-corrected chi connectivity index (χ1v) is 10.00. The Kier molecular flexibility index (Phi) is 4.90. The molecule has 32 heavy (non-hydrogen) atoms. The Labute approximate surface area is 181 Å². The number of nitrogens with zero attached hydrogens (tertiary/aromatic N) is 7. The van der Waals surface area contributed by atoms with Crippen LogP contribution in [0.25, 0.3) is 16.9 Å². The third-order valence-corrected chi connectivity index (χ3v) is 5.40. The molecule has 0 radical (unpaired) electrons. The molecule has 0 atom stereocenters. The molecule has 160 valence electrons. The van der Waals surface area contributed by atoms with Crippen molar-refractivity contribution in [2.75, 3.05) is 26.2 Å². The third-order valence-electron chi connectivity index (χ3n) is 5.40. The van der Waals surface area contributed by atoms with Crippen LogP contribution >= 0.6 is 0 Å². The number of aromatic nitrogens is 6. The molecule has 4 heterocycles. The van der Waals surface area contributed by atoms with Gasteiger partial charge in [0.2, 0.25) is 0 Å². The molecule has 3 aromatic heterocycles. The summed E-state index contributed by atoms with van der Waals surface area (Å²) >= 11 is 0. The molecule has 2 amide bonds. The first-order valence-electron chi connectivity index (χ1n) is 10.00. The molecule has 5 rings (SSSR count). The first kappa shape index (κ1) is 19.5. The molecule has 4 aromatic rings. The van der Waals surface area contributed by atoms with Crippen molar-refractivity contribution >= 4 is 28.6 Å². The monoisotopic (exact) mass is 430 g/mol. The molecule has 1 N–H and O–H groups in total. The molecule has 11 heteroatoms. The highest BCUT2D eigenvalue weighted by atomic mass is 16.2. The number of carbonyl (C=O) groups is 3. The predicted octanol–water partition coefficient (Wildman–Crippen LogP) is 0.706. The van der Waals surface area contributed by atoms with Crippen LogP contribution in [0.15, 0.2) is 55.2 Å². The summed E-state index contributed by atoms with van der Waals surface area (Å²) in [6, 6.07) is 8.99. The fourth-order valence-electron chi connectivity index (χ4n) is 3.73. The van der Waals surface area contributed by atoms with E-state index >= 15 is 0 Å². The Morgan fingerprint density at radius 1 is 0.938 bits per heavy atom. The van der Waals surface area contributed by atoms with E-state index in [0.717, 1.165) is 0 Å². The van der Waals surface area contributed by atoms with Crippen LogP contribution in [0, 0.1) is 0 Å². The molecule has 11 nitrogen and oxygen atoms in total. The van der Waals surface area contributed by atoms with Crippen molar-refractivity contribution in [2.24, 2.45) is 0 Å². The number of hydrogen-bond donors (Lipinski definition) is 1. The molecule has 0 bridgehead atoms. The number of nitrogens with one attached hydrogen (secondary N) is 1. The maximum Gasteiger partial charge on any atom is 0.295 e. The number of benzene rings is 1. The standard InChI is InChI=1S/C21H18N8O3/c30-18(15-12-22-17-16(15)23-13-24-19(17)29-7-6-25-26-29)21(32)28-10-8-27(9-11-28)20(31)14-4-2-1-3-5-14/h1-7,12-13,22H,8-11H2. The van der Waals surface area contributed by atoms with E-state index in [1.807, 2.05) is 18.2 Å². The van der Waals surface area contributed by atoms with E-state index < -0.39 is 11.7 Å². The number of carbonyl (C=O) groups excluding carboxylic acids is 3. The van der Waals surface area contributed by atoms with E-state index in [2.05, 4.69) is 25.3 Å². The quantitative estimate of drug-likeness (QED) is 0.373. The summed E-state index contributed by atoms with van der Waals surface area (Å²) in [4.78, 5) is 52.9. The van der Waals surface area contributed by atoms with E-state index in [-0.39, 0.29) is 24.6 Å². The van der Waals surface area contributed by atoms with Gasteiger partial charge in [-0.1, -0.05) is 23.4 Å². The number of Topliss-reactive ketones (excluding diaryl/α,β-unsaturated/α-hetero) is 1. The van der Waals surface area contributed by atoms with Crippen LogP contribution < -0.4 is 0 Å². The van der Waals surface area contributed by atoms with Gasteiger partial charge in [0.15, 0.2) is 5.82 Å². The van der Waals surface area contributed by atoms with Gasteiger partial charge in [0.25, 0.3) is 17.6 Å². The van der Waals surface area contributed by atoms with Gasteiger partial charge in [-0.2, -0.15) is 0 Å². The molecule has 1 aliphatic rings. The summed E-state index contributed by atoms with van der Waals surface area (Å²) < 4.78 is 1.44. The molecular weight excluding hydrogens is 412 g/mol. The second-order valence-corrected chi connectivity index (χ2v) is 7.25. The van der Waals surface area contributed by atoms with E-state index in [1.54, 1.807) is 23.2 Å². The molecule has 0 aliphatic carbocycles. The highest BCUT2D eigenvalue weighted by Gasteiger charge is 2.30. The fraction of sp³-hybridized carbons (Fsp3) is 0.190. The average molecular weight is 430 g/mol. The fourth-order valence-corrected chi connectivity index (χ4v) is 3.73. The second kappa shape index (κ2) is 8.02. The van der Waals surface area contributed by atoms with Gasteiger partial charge < -0.3 is 14.8 Å². The molecular formula is C21H18N8O3. The first-order chi connectivity index (χ1) is 15.6. The van der Waals surface area contributed by atoms with Gasteiger partial charge in [0.1, 0.15) is 17.4 Å². The summed E-state index contributed by atoms with van der Waals surface area (Å²) in [5.41, 5.74) is 1.58. The van der Waals surface area contributed by atoms with Crippen molar-refractivity contribution in [3.8, 4) is 5.82 Å². The summed E-state index contributed by atoms with van der Waals surface area (Å²) in [5, 5.41) is 7.66. The van der Waals surface area contributed by atoms with Gasteiger partial charge >= 0.3 is 0 Å². The van der Waals surface area contributed by atoms with Gasteiger partial charge in [-0.15, -0.1) is 5.10 Å². The van der Waals surface area contributed by atoms with Crippen molar-refractivity contribution in [1.29, 1.82) is 0 Å². The van der Waals surface area contributed by atoms with Crippen LogP contribution in [-0.2, 0) is 4.79 Å². The Bertz CT molecular complexity index is 1290. The van der Waals surface area contributed by atoms with Crippen LogP contribution in [0.4, 0.5) is 0 Å². The minimum atomic E-state index is -0.665. The summed E-state index contributed by atoms with van der Waals surface area (Å²) in [6.45, 7) is 1.29. The summed E-state index contributed by atoms with van der Waals surface area (Å²) in [7, 11) is 0. The largest absolute Gasteiger partial charge is 0.356 e.